The molecule has 6 rings (SSSR count). The van der Waals surface area contributed by atoms with Crippen molar-refractivity contribution in [2.24, 2.45) is 0 Å². The van der Waals surface area contributed by atoms with Crippen LogP contribution in [-0.4, -0.2) is 9.55 Å². The topological polar surface area (TPSA) is 17.8 Å². The molecule has 28 heavy (non-hydrogen) atoms. The highest BCUT2D eigenvalue weighted by Gasteiger charge is 2.17. The Balaban J connectivity index is 1.74. The van der Waals surface area contributed by atoms with E-state index >= 15 is 0 Å². The van der Waals surface area contributed by atoms with Crippen LogP contribution in [0.3, 0.4) is 0 Å². The number of thiophene rings is 1. The summed E-state index contributed by atoms with van der Waals surface area (Å²) in [4.78, 5) is 5.05. The van der Waals surface area contributed by atoms with E-state index in [0.29, 0.717) is 0 Å². The summed E-state index contributed by atoms with van der Waals surface area (Å²) in [6, 6.07) is 34.0. The number of aromatic nitrogens is 2. The summed E-state index contributed by atoms with van der Waals surface area (Å²) < 4.78 is 4.87. The molecule has 0 fully saturated rings. The van der Waals surface area contributed by atoms with Gasteiger partial charge in [-0.15, -0.1) is 11.3 Å². The maximum absolute atomic E-state index is 5.05. The van der Waals surface area contributed by atoms with Crippen molar-refractivity contribution in [1.82, 2.24) is 9.55 Å². The highest BCUT2D eigenvalue weighted by atomic mass is 32.1. The molecule has 6 aromatic rings. The first kappa shape index (κ1) is 15.6. The van der Waals surface area contributed by atoms with Crippen molar-refractivity contribution in [2.45, 2.75) is 0 Å². The third-order valence-electron chi connectivity index (χ3n) is 5.22. The zero-order chi connectivity index (χ0) is 18.5. The molecule has 2 heterocycles. The molecule has 3 heteroatoms. The first-order valence-corrected chi connectivity index (χ1v) is 10.2. The predicted octanol–water partition coefficient (Wildman–Crippen LogP) is 7.06. The Labute approximate surface area is 166 Å². The molecule has 132 valence electrons. The minimum absolute atomic E-state index is 0.990. The monoisotopic (exact) mass is 376 g/mol. The van der Waals surface area contributed by atoms with Gasteiger partial charge in [-0.2, -0.15) is 0 Å². The zero-order valence-corrected chi connectivity index (χ0v) is 15.9. The van der Waals surface area contributed by atoms with Crippen molar-refractivity contribution in [3.63, 3.8) is 0 Å². The lowest BCUT2D eigenvalue weighted by molar-refractivity contribution is 1.11. The van der Waals surface area contributed by atoms with E-state index in [2.05, 4.69) is 102 Å². The van der Waals surface area contributed by atoms with Gasteiger partial charge in [0, 0.05) is 31.4 Å². The molecular formula is C25H16N2S. The summed E-state index contributed by atoms with van der Waals surface area (Å²) in [6.45, 7) is 0. The third-order valence-corrected chi connectivity index (χ3v) is 6.44. The average Bonchev–Trinajstić information content (AvgIpc) is 3.33. The molecule has 0 radical (unpaired) electrons. The summed E-state index contributed by atoms with van der Waals surface area (Å²) in [7, 11) is 0. The quantitative estimate of drug-likeness (QED) is 0.316. The van der Waals surface area contributed by atoms with E-state index in [1.807, 2.05) is 11.3 Å². The van der Waals surface area contributed by atoms with Gasteiger partial charge in [0.05, 0.1) is 11.0 Å². The minimum Gasteiger partial charge on any atom is -0.292 e. The van der Waals surface area contributed by atoms with Crippen molar-refractivity contribution in [3.05, 3.63) is 97.1 Å². The zero-order valence-electron chi connectivity index (χ0n) is 15.0. The summed E-state index contributed by atoms with van der Waals surface area (Å²) in [5, 5.41) is 2.61. The van der Waals surface area contributed by atoms with Crippen LogP contribution in [0.1, 0.15) is 0 Å². The molecule has 2 aromatic heterocycles. The second-order valence-electron chi connectivity index (χ2n) is 6.88. The molecule has 0 amide bonds. The van der Waals surface area contributed by atoms with Gasteiger partial charge in [-0.05, 0) is 36.4 Å². The van der Waals surface area contributed by atoms with Gasteiger partial charge in [-0.1, -0.05) is 60.7 Å². The Kier molecular flexibility index (Phi) is 3.37. The Hall–Kier alpha value is -3.43. The number of benzene rings is 4. The van der Waals surface area contributed by atoms with Gasteiger partial charge in [0.15, 0.2) is 0 Å². The first-order valence-electron chi connectivity index (χ1n) is 9.34. The first-order chi connectivity index (χ1) is 13.9. The minimum atomic E-state index is 0.990. The summed E-state index contributed by atoms with van der Waals surface area (Å²) >= 11 is 1.84. The van der Waals surface area contributed by atoms with Crippen LogP contribution < -0.4 is 0 Å². The highest BCUT2D eigenvalue weighted by Crippen LogP contribution is 2.40. The molecule has 4 aromatic carbocycles. The molecule has 0 aliphatic carbocycles. The number of nitrogens with zero attached hydrogens (tertiary/aromatic N) is 2. The fraction of sp³-hybridized carbons (Fsp3) is 0. The third kappa shape index (κ3) is 2.23. The van der Waals surface area contributed by atoms with E-state index in [9.17, 15) is 0 Å². The van der Waals surface area contributed by atoms with Gasteiger partial charge in [-0.3, -0.25) is 4.57 Å². The summed E-state index contributed by atoms with van der Waals surface area (Å²) in [5.41, 5.74) is 4.45. The summed E-state index contributed by atoms with van der Waals surface area (Å²) in [5.74, 6) is 0.990. The van der Waals surface area contributed by atoms with E-state index in [4.69, 9.17) is 4.98 Å². The maximum Gasteiger partial charge on any atom is 0.147 e. The van der Waals surface area contributed by atoms with Gasteiger partial charge >= 0.3 is 0 Å². The molecule has 0 spiro atoms. The van der Waals surface area contributed by atoms with E-state index in [1.54, 1.807) is 0 Å². The van der Waals surface area contributed by atoms with Gasteiger partial charge in [0.25, 0.3) is 0 Å². The van der Waals surface area contributed by atoms with Crippen LogP contribution in [0.15, 0.2) is 97.1 Å². The second kappa shape index (κ2) is 6.04. The molecular weight excluding hydrogens is 360 g/mol. The standard InChI is InChI=1S/C25H16N2S/c1-2-9-17(10-3-1)27-22-15-6-5-14-21(22)26-25(27)20-13-8-12-19-18-11-4-7-16-23(18)28-24(19)20/h1-16H. The van der Waals surface area contributed by atoms with Crippen LogP contribution in [0.5, 0.6) is 0 Å². The van der Waals surface area contributed by atoms with E-state index in [-0.39, 0.29) is 0 Å². The van der Waals surface area contributed by atoms with Gasteiger partial charge in [0.2, 0.25) is 0 Å². The molecule has 2 nitrogen and oxygen atoms in total. The number of hydrogen-bond acceptors (Lipinski definition) is 2. The van der Waals surface area contributed by atoms with Crippen LogP contribution in [0.25, 0.3) is 48.3 Å². The fourth-order valence-corrected chi connectivity index (χ4v) is 5.18. The Morgan fingerprint density at radius 2 is 1.39 bits per heavy atom. The lowest BCUT2D eigenvalue weighted by Crippen LogP contribution is -1.97. The van der Waals surface area contributed by atoms with Gasteiger partial charge < -0.3 is 0 Å². The van der Waals surface area contributed by atoms with Crippen LogP contribution >= 0.6 is 11.3 Å². The molecule has 0 aliphatic heterocycles. The Morgan fingerprint density at radius 3 is 2.32 bits per heavy atom. The lowest BCUT2D eigenvalue weighted by atomic mass is 10.1. The second-order valence-corrected chi connectivity index (χ2v) is 7.93. The highest BCUT2D eigenvalue weighted by molar-refractivity contribution is 7.26. The van der Waals surface area contributed by atoms with Crippen molar-refractivity contribution < 1.29 is 0 Å². The van der Waals surface area contributed by atoms with Crippen molar-refractivity contribution in [3.8, 4) is 17.1 Å². The fourth-order valence-electron chi connectivity index (χ4n) is 3.97. The molecule has 0 saturated heterocycles. The molecule has 0 saturated carbocycles. The Morgan fingerprint density at radius 1 is 0.643 bits per heavy atom. The number of para-hydroxylation sites is 3. The smallest absolute Gasteiger partial charge is 0.147 e. The molecule has 0 aliphatic rings. The van der Waals surface area contributed by atoms with Crippen molar-refractivity contribution >= 4 is 42.5 Å². The van der Waals surface area contributed by atoms with Crippen molar-refractivity contribution in [1.29, 1.82) is 0 Å². The van der Waals surface area contributed by atoms with Crippen LogP contribution in [0.4, 0.5) is 0 Å². The largest absolute Gasteiger partial charge is 0.292 e. The predicted molar refractivity (Wildman–Crippen MR) is 119 cm³/mol. The van der Waals surface area contributed by atoms with Gasteiger partial charge in [-0.25, -0.2) is 4.98 Å². The number of rotatable bonds is 2. The number of hydrogen-bond donors (Lipinski definition) is 0. The number of fused-ring (bicyclic) bond motifs is 4. The normalized spacial score (nSPS) is 11.6. The van der Waals surface area contributed by atoms with Gasteiger partial charge in [0.1, 0.15) is 5.82 Å². The van der Waals surface area contributed by atoms with Crippen molar-refractivity contribution in [2.75, 3.05) is 0 Å². The maximum atomic E-state index is 5.05. The lowest BCUT2D eigenvalue weighted by Gasteiger charge is -2.10. The Bertz CT molecular complexity index is 1460. The van der Waals surface area contributed by atoms with Crippen LogP contribution in [-0.2, 0) is 0 Å². The molecule has 0 atom stereocenters. The average molecular weight is 376 g/mol. The van der Waals surface area contributed by atoms with E-state index in [1.165, 1.54) is 25.7 Å². The number of imidazole rings is 1. The molecule has 0 bridgehead atoms. The van der Waals surface area contributed by atoms with E-state index in [0.717, 1.165) is 22.5 Å². The summed E-state index contributed by atoms with van der Waals surface area (Å²) in [6.07, 6.45) is 0. The molecule has 0 N–H and O–H groups in total. The van der Waals surface area contributed by atoms with E-state index < -0.39 is 0 Å². The molecule has 0 unspecified atom stereocenters. The van der Waals surface area contributed by atoms with Crippen LogP contribution in [0, 0.1) is 0 Å². The van der Waals surface area contributed by atoms with Crippen LogP contribution in [0.2, 0.25) is 0 Å². The SMILES string of the molecule is c1ccc(-n2c(-c3cccc4c3sc3ccccc34)nc3ccccc32)cc1.